The summed E-state index contributed by atoms with van der Waals surface area (Å²) in [5.74, 6) is 0. The number of hydrogen-bond acceptors (Lipinski definition) is 2. The molecule has 0 radical (unpaired) electrons. The van der Waals surface area contributed by atoms with Crippen LogP contribution in [-0.4, -0.2) is 4.98 Å². The quantitative estimate of drug-likeness (QED) is 0.181. The number of rotatable bonds is 7. The summed E-state index contributed by atoms with van der Waals surface area (Å²) in [5.41, 5.74) is 21.4. The molecule has 46 heavy (non-hydrogen) atoms. The second-order valence-electron chi connectivity index (χ2n) is 12.9. The highest BCUT2D eigenvalue weighted by Crippen LogP contribution is 2.40. The van der Waals surface area contributed by atoms with E-state index in [-0.39, 0.29) is 0 Å². The van der Waals surface area contributed by atoms with E-state index in [9.17, 15) is 0 Å². The van der Waals surface area contributed by atoms with Crippen molar-refractivity contribution < 1.29 is 0 Å². The van der Waals surface area contributed by atoms with E-state index in [0.29, 0.717) is 0 Å². The van der Waals surface area contributed by atoms with E-state index in [4.69, 9.17) is 0 Å². The van der Waals surface area contributed by atoms with Gasteiger partial charge in [0.15, 0.2) is 0 Å². The van der Waals surface area contributed by atoms with Gasteiger partial charge in [-0.3, -0.25) is 4.98 Å². The molecule has 0 saturated carbocycles. The topological polar surface area (TPSA) is 16.1 Å². The van der Waals surface area contributed by atoms with Crippen molar-refractivity contribution in [2.24, 2.45) is 0 Å². The lowest BCUT2D eigenvalue weighted by Crippen LogP contribution is -2.10. The van der Waals surface area contributed by atoms with Gasteiger partial charge in [-0.25, -0.2) is 0 Å². The molecule has 6 aromatic rings. The molecule has 0 atom stereocenters. The summed E-state index contributed by atoms with van der Waals surface area (Å²) in [4.78, 5) is 6.68. The number of anilines is 3. The van der Waals surface area contributed by atoms with Crippen LogP contribution >= 0.6 is 0 Å². The Morgan fingerprint density at radius 1 is 0.478 bits per heavy atom. The molecule has 0 amide bonds. The average molecular weight is 601 g/mol. The van der Waals surface area contributed by atoms with Gasteiger partial charge in [0.25, 0.3) is 0 Å². The summed E-state index contributed by atoms with van der Waals surface area (Å²) in [7, 11) is 0. The molecule has 1 aromatic heterocycles. The highest BCUT2D eigenvalue weighted by molar-refractivity contribution is 5.83. The van der Waals surface area contributed by atoms with Crippen molar-refractivity contribution in [2.45, 2.75) is 61.8 Å². The molecule has 0 N–H and O–H groups in total. The number of benzene rings is 5. The van der Waals surface area contributed by atoms with Crippen LogP contribution in [0.3, 0.4) is 0 Å². The van der Waals surface area contributed by atoms with Gasteiger partial charge < -0.3 is 4.90 Å². The van der Waals surface area contributed by atoms with E-state index in [1.165, 1.54) is 77.9 Å². The molecular weight excluding hydrogens is 556 g/mol. The molecular formula is C44H44N2. The Labute approximate surface area is 275 Å². The summed E-state index contributed by atoms with van der Waals surface area (Å²) in [5, 5.41) is 0. The standard InChI is InChI=1S/C44H44N2/c1-9-35-24-32(6)44(33(7)25-35)37-12-16-39(17-13-37)46(40-18-19-41(29(3)26-40)42-20-21-45-27-34(42)8)38-14-10-36(11-15-38)43-30(4)22-28(2)23-31(43)5/h10-27H,9H2,1-8H3. The van der Waals surface area contributed by atoms with Gasteiger partial charge in [0, 0.05) is 29.5 Å². The van der Waals surface area contributed by atoms with Gasteiger partial charge in [-0.05, 0) is 170 Å². The fourth-order valence-electron chi connectivity index (χ4n) is 7.21. The van der Waals surface area contributed by atoms with Crippen molar-refractivity contribution in [2.75, 3.05) is 4.90 Å². The molecule has 0 unspecified atom stereocenters. The van der Waals surface area contributed by atoms with E-state index in [0.717, 1.165) is 23.5 Å². The van der Waals surface area contributed by atoms with Crippen LogP contribution in [0.15, 0.2) is 109 Å². The second kappa shape index (κ2) is 12.8. The number of hydrogen-bond donors (Lipinski definition) is 0. The molecule has 6 rings (SSSR count). The van der Waals surface area contributed by atoms with Crippen LogP contribution in [0.5, 0.6) is 0 Å². The number of nitrogens with zero attached hydrogens (tertiary/aromatic N) is 2. The fourth-order valence-corrected chi connectivity index (χ4v) is 7.21. The molecule has 230 valence electrons. The summed E-state index contributed by atoms with van der Waals surface area (Å²) in [6.45, 7) is 17.6. The normalized spacial score (nSPS) is 11.1. The van der Waals surface area contributed by atoms with Gasteiger partial charge in [0.05, 0.1) is 0 Å². The zero-order valence-corrected chi connectivity index (χ0v) is 28.5. The molecule has 0 bridgehead atoms. The Hall–Kier alpha value is -4.95. The molecule has 0 aliphatic heterocycles. The van der Waals surface area contributed by atoms with Crippen molar-refractivity contribution in [1.82, 2.24) is 4.98 Å². The summed E-state index contributed by atoms with van der Waals surface area (Å²) in [6.07, 6.45) is 4.87. The monoisotopic (exact) mass is 600 g/mol. The Morgan fingerprint density at radius 2 is 0.957 bits per heavy atom. The molecule has 0 spiro atoms. The van der Waals surface area contributed by atoms with Crippen LogP contribution in [-0.2, 0) is 6.42 Å². The number of pyridine rings is 1. The first kappa shape index (κ1) is 31.0. The first-order valence-electron chi connectivity index (χ1n) is 16.3. The Balaban J connectivity index is 1.44. The van der Waals surface area contributed by atoms with Gasteiger partial charge in [-0.15, -0.1) is 0 Å². The first-order chi connectivity index (χ1) is 22.1. The molecule has 0 fully saturated rings. The molecule has 2 heteroatoms. The van der Waals surface area contributed by atoms with Gasteiger partial charge >= 0.3 is 0 Å². The summed E-state index contributed by atoms with van der Waals surface area (Å²) >= 11 is 0. The maximum atomic E-state index is 4.31. The maximum Gasteiger partial charge on any atom is 0.0464 e. The van der Waals surface area contributed by atoms with Gasteiger partial charge in [-0.1, -0.05) is 67.1 Å². The van der Waals surface area contributed by atoms with Crippen molar-refractivity contribution in [3.63, 3.8) is 0 Å². The largest absolute Gasteiger partial charge is 0.310 e. The molecule has 0 aliphatic rings. The van der Waals surface area contributed by atoms with E-state index in [1.54, 1.807) is 0 Å². The molecule has 2 nitrogen and oxygen atoms in total. The van der Waals surface area contributed by atoms with E-state index in [2.05, 4.69) is 162 Å². The fraction of sp³-hybridized carbons (Fsp3) is 0.205. The highest BCUT2D eigenvalue weighted by Gasteiger charge is 2.17. The lowest BCUT2D eigenvalue weighted by atomic mass is 9.92. The third-order valence-corrected chi connectivity index (χ3v) is 9.28. The average Bonchev–Trinajstić information content (AvgIpc) is 3.02. The van der Waals surface area contributed by atoms with Gasteiger partial charge in [0.1, 0.15) is 0 Å². The van der Waals surface area contributed by atoms with E-state index < -0.39 is 0 Å². The molecule has 1 heterocycles. The SMILES string of the molecule is CCc1cc(C)c(-c2ccc(N(c3ccc(-c4c(C)cc(C)cc4C)cc3)c3ccc(-c4ccncc4C)c(C)c3)cc2)c(C)c1. The first-order valence-corrected chi connectivity index (χ1v) is 16.3. The zero-order chi connectivity index (χ0) is 32.5. The van der Waals surface area contributed by atoms with Crippen molar-refractivity contribution in [3.05, 3.63) is 154 Å². The second-order valence-corrected chi connectivity index (χ2v) is 12.9. The number of aromatic nitrogens is 1. The maximum absolute atomic E-state index is 4.31. The van der Waals surface area contributed by atoms with Crippen LogP contribution in [0.25, 0.3) is 33.4 Å². The van der Waals surface area contributed by atoms with Gasteiger partial charge in [-0.2, -0.15) is 0 Å². The minimum absolute atomic E-state index is 1.05. The third kappa shape index (κ3) is 6.00. The smallest absolute Gasteiger partial charge is 0.0464 e. The molecule has 5 aromatic carbocycles. The Kier molecular flexibility index (Phi) is 8.65. The van der Waals surface area contributed by atoms with Crippen molar-refractivity contribution in [1.29, 1.82) is 0 Å². The van der Waals surface area contributed by atoms with Crippen LogP contribution in [0, 0.1) is 48.5 Å². The van der Waals surface area contributed by atoms with E-state index >= 15 is 0 Å². The highest BCUT2D eigenvalue weighted by atomic mass is 15.1. The lowest BCUT2D eigenvalue weighted by Gasteiger charge is -2.27. The van der Waals surface area contributed by atoms with E-state index in [1.807, 2.05) is 12.4 Å². The third-order valence-electron chi connectivity index (χ3n) is 9.28. The Morgan fingerprint density at radius 3 is 1.43 bits per heavy atom. The molecule has 0 aliphatic carbocycles. The van der Waals surface area contributed by atoms with Crippen molar-refractivity contribution in [3.8, 4) is 33.4 Å². The van der Waals surface area contributed by atoms with Crippen LogP contribution in [0.4, 0.5) is 17.1 Å². The van der Waals surface area contributed by atoms with Crippen molar-refractivity contribution >= 4 is 17.1 Å². The minimum atomic E-state index is 1.05. The lowest BCUT2D eigenvalue weighted by molar-refractivity contribution is 1.12. The summed E-state index contributed by atoms with van der Waals surface area (Å²) in [6, 6.07) is 36.3. The zero-order valence-electron chi connectivity index (χ0n) is 28.5. The number of aryl methyl sites for hydroxylation is 8. The molecule has 0 saturated heterocycles. The van der Waals surface area contributed by atoms with Crippen LogP contribution in [0.1, 0.15) is 51.4 Å². The van der Waals surface area contributed by atoms with Gasteiger partial charge in [0.2, 0.25) is 0 Å². The predicted molar refractivity (Wildman–Crippen MR) is 198 cm³/mol. The Bertz CT molecular complexity index is 1990. The predicted octanol–water partition coefficient (Wildman–Crippen LogP) is 12.3. The van der Waals surface area contributed by atoms with Crippen LogP contribution < -0.4 is 4.90 Å². The van der Waals surface area contributed by atoms with Crippen LogP contribution in [0.2, 0.25) is 0 Å². The minimum Gasteiger partial charge on any atom is -0.310 e. The summed E-state index contributed by atoms with van der Waals surface area (Å²) < 4.78 is 0.